The van der Waals surface area contributed by atoms with E-state index in [2.05, 4.69) is 21.3 Å². The molecule has 1 saturated heterocycles. The van der Waals surface area contributed by atoms with E-state index >= 15 is 0 Å². The molecule has 0 spiro atoms. The van der Waals surface area contributed by atoms with Crippen LogP contribution in [0.2, 0.25) is 12.1 Å². The maximum absolute atomic E-state index is 2.28. The Morgan fingerprint density at radius 1 is 1.67 bits per heavy atom. The molecule has 1 rings (SSSR count). The van der Waals surface area contributed by atoms with Crippen molar-refractivity contribution in [3.63, 3.8) is 0 Å². The molecule has 6 heavy (non-hydrogen) atoms. The third-order valence-corrected chi connectivity index (χ3v) is 1.25. The zero-order valence-electron chi connectivity index (χ0n) is 4.15. The smallest absolute Gasteiger partial charge is 0.0691 e. The van der Waals surface area contributed by atoms with Crippen LogP contribution >= 0.6 is 0 Å². The molecular formula is C4H8B2. The molecule has 0 nitrogen and oxygen atoms in total. The van der Waals surface area contributed by atoms with Crippen LogP contribution in [0.25, 0.3) is 0 Å². The van der Waals surface area contributed by atoms with Gasteiger partial charge < -0.3 is 0 Å². The quantitative estimate of drug-likeness (QED) is 0.378. The molecule has 2 radical (unpaired) electrons. The molecule has 0 saturated carbocycles. The van der Waals surface area contributed by atoms with Crippen LogP contribution in [0.4, 0.5) is 0 Å². The van der Waals surface area contributed by atoms with Crippen LogP contribution in [0, 0.1) is 0 Å². The van der Waals surface area contributed by atoms with E-state index in [0.29, 0.717) is 0 Å². The molecule has 1 fully saturated rings. The van der Waals surface area contributed by atoms with Crippen LogP contribution < -0.4 is 0 Å². The van der Waals surface area contributed by atoms with Crippen molar-refractivity contribution in [1.82, 2.24) is 0 Å². The first-order valence-electron chi connectivity index (χ1n) is 2.56. The highest BCUT2D eigenvalue weighted by Crippen LogP contribution is 2.16. The molecule has 0 aromatic carbocycles. The van der Waals surface area contributed by atoms with Crippen molar-refractivity contribution in [2.45, 2.75) is 25.5 Å². The fourth-order valence-corrected chi connectivity index (χ4v) is 0.784. The molecule has 1 unspecified atom stereocenters. The van der Waals surface area contributed by atoms with E-state index in [-0.39, 0.29) is 0 Å². The van der Waals surface area contributed by atoms with Crippen LogP contribution in [-0.4, -0.2) is 14.3 Å². The highest BCUT2D eigenvalue weighted by molar-refractivity contribution is 7.02. The Bertz CT molecular complexity index is 38.8. The third-order valence-electron chi connectivity index (χ3n) is 1.25. The van der Waals surface area contributed by atoms with Gasteiger partial charge in [0.15, 0.2) is 0 Å². The largest absolute Gasteiger partial charge is 0.0891 e. The zero-order valence-corrected chi connectivity index (χ0v) is 4.15. The topological polar surface area (TPSA) is 0 Å². The molecule has 0 aliphatic carbocycles. The van der Waals surface area contributed by atoms with E-state index in [1.807, 2.05) is 0 Å². The van der Waals surface area contributed by atoms with Gasteiger partial charge in [-0.25, -0.2) is 0 Å². The van der Waals surface area contributed by atoms with Gasteiger partial charge in [0.25, 0.3) is 0 Å². The number of hydrogen-bond donors (Lipinski definition) is 0. The van der Waals surface area contributed by atoms with E-state index in [4.69, 9.17) is 0 Å². The minimum Gasteiger partial charge on any atom is -0.0891 e. The summed E-state index contributed by atoms with van der Waals surface area (Å²) in [6.45, 7) is 2.25. The first-order chi connectivity index (χ1) is 2.89. The fourth-order valence-electron chi connectivity index (χ4n) is 0.784. The van der Waals surface area contributed by atoms with E-state index in [1.54, 1.807) is 0 Å². The van der Waals surface area contributed by atoms with Crippen LogP contribution in [0.3, 0.4) is 0 Å². The normalized spacial score (nSPS) is 31.8. The predicted octanol–water partition coefficient (Wildman–Crippen LogP) is 0.940. The molecule has 0 amide bonds. The third kappa shape index (κ3) is 0.796. The molecule has 1 aliphatic rings. The molecule has 0 N–H and O–H groups in total. The van der Waals surface area contributed by atoms with Gasteiger partial charge in [-0.3, -0.25) is 0 Å². The summed E-state index contributed by atoms with van der Waals surface area (Å²) >= 11 is 0. The summed E-state index contributed by atoms with van der Waals surface area (Å²) in [7, 11) is 4.53. The van der Waals surface area contributed by atoms with Crippen molar-refractivity contribution >= 4 is 14.3 Å². The summed E-state index contributed by atoms with van der Waals surface area (Å²) in [4.78, 5) is 0. The molecule has 1 atom stereocenters. The number of hydrogen-bond acceptors (Lipinski definition) is 0. The van der Waals surface area contributed by atoms with Gasteiger partial charge in [0.1, 0.15) is 0 Å². The molecule has 30 valence electrons. The SMILES string of the molecule is CC1[B][B]CC1. The van der Waals surface area contributed by atoms with Crippen molar-refractivity contribution in [1.29, 1.82) is 0 Å². The summed E-state index contributed by atoms with van der Waals surface area (Å²) < 4.78 is 0. The molecule has 1 heterocycles. The van der Waals surface area contributed by atoms with Gasteiger partial charge >= 0.3 is 0 Å². The molecular weight excluding hydrogens is 69.7 g/mol. The molecule has 0 bridgehead atoms. The Hall–Kier alpha value is 0.130. The van der Waals surface area contributed by atoms with Crippen LogP contribution in [-0.2, 0) is 0 Å². The van der Waals surface area contributed by atoms with Crippen molar-refractivity contribution in [3.8, 4) is 0 Å². The predicted molar refractivity (Wildman–Crippen MR) is 30.4 cm³/mol. The first-order valence-corrected chi connectivity index (χ1v) is 2.56. The Morgan fingerprint density at radius 2 is 2.50 bits per heavy atom. The van der Waals surface area contributed by atoms with E-state index in [1.165, 1.54) is 12.7 Å². The zero-order chi connectivity index (χ0) is 4.41. The maximum Gasteiger partial charge on any atom is 0.0691 e. The summed E-state index contributed by atoms with van der Waals surface area (Å²) in [5.41, 5.74) is 0. The van der Waals surface area contributed by atoms with Crippen molar-refractivity contribution in [2.75, 3.05) is 0 Å². The Labute approximate surface area is 40.8 Å². The van der Waals surface area contributed by atoms with E-state index in [0.717, 1.165) is 5.82 Å². The highest BCUT2D eigenvalue weighted by atomic mass is 13.9. The summed E-state index contributed by atoms with van der Waals surface area (Å²) in [5.74, 6) is 0.866. The number of rotatable bonds is 0. The lowest BCUT2D eigenvalue weighted by molar-refractivity contribution is 0.893. The summed E-state index contributed by atoms with van der Waals surface area (Å²) in [5, 5.41) is 0. The second kappa shape index (κ2) is 1.72. The van der Waals surface area contributed by atoms with Gasteiger partial charge in [0.2, 0.25) is 0 Å². The molecule has 0 aromatic rings. The summed E-state index contributed by atoms with van der Waals surface area (Å²) in [6.07, 6.45) is 2.68. The monoisotopic (exact) mass is 78.1 g/mol. The average molecular weight is 77.7 g/mol. The second-order valence-electron chi connectivity index (χ2n) is 1.98. The van der Waals surface area contributed by atoms with Crippen molar-refractivity contribution in [3.05, 3.63) is 0 Å². The van der Waals surface area contributed by atoms with Gasteiger partial charge in [-0.2, -0.15) is 0 Å². The van der Waals surface area contributed by atoms with Crippen LogP contribution in [0.1, 0.15) is 13.3 Å². The standard InChI is InChI=1S/C4H8B2/c1-4-2-3-5-6-4/h4H,2-3H2,1H3. The maximum atomic E-state index is 2.28. The minimum atomic E-state index is 0.866. The Morgan fingerprint density at radius 3 is 2.67 bits per heavy atom. The lowest BCUT2D eigenvalue weighted by atomic mass is 9.40. The van der Waals surface area contributed by atoms with Gasteiger partial charge in [0, 0.05) is 0 Å². The van der Waals surface area contributed by atoms with Crippen molar-refractivity contribution in [2.24, 2.45) is 0 Å². The second-order valence-corrected chi connectivity index (χ2v) is 1.98. The van der Waals surface area contributed by atoms with Gasteiger partial charge in [-0.15, -0.1) is 0 Å². The Balaban J connectivity index is 2.18. The molecule has 0 aromatic heterocycles. The Kier molecular flexibility index (Phi) is 1.23. The minimum absolute atomic E-state index is 0.866. The first kappa shape index (κ1) is 4.29. The lowest BCUT2D eigenvalue weighted by Gasteiger charge is -1.91. The highest BCUT2D eigenvalue weighted by Gasteiger charge is 2.09. The van der Waals surface area contributed by atoms with E-state index < -0.39 is 0 Å². The van der Waals surface area contributed by atoms with Crippen molar-refractivity contribution < 1.29 is 0 Å². The molecule has 1 aliphatic heterocycles. The van der Waals surface area contributed by atoms with Gasteiger partial charge in [-0.05, 0) is 0 Å². The van der Waals surface area contributed by atoms with Crippen LogP contribution in [0.15, 0.2) is 0 Å². The average Bonchev–Trinajstić information content (AvgIpc) is 1.86. The summed E-state index contributed by atoms with van der Waals surface area (Å²) in [6, 6.07) is 0. The van der Waals surface area contributed by atoms with Crippen LogP contribution in [0.5, 0.6) is 0 Å². The van der Waals surface area contributed by atoms with E-state index in [9.17, 15) is 0 Å². The van der Waals surface area contributed by atoms with Gasteiger partial charge in [-0.1, -0.05) is 25.5 Å². The lowest BCUT2D eigenvalue weighted by Crippen LogP contribution is -1.93. The molecule has 2 heteroatoms. The van der Waals surface area contributed by atoms with Gasteiger partial charge in [0.05, 0.1) is 14.3 Å². The fraction of sp³-hybridized carbons (Fsp3) is 1.00.